The van der Waals surface area contributed by atoms with Crippen LogP contribution in [0.4, 0.5) is 4.79 Å². The van der Waals surface area contributed by atoms with Crippen molar-refractivity contribution in [3.8, 4) is 5.88 Å². The molecule has 0 saturated heterocycles. The van der Waals surface area contributed by atoms with Gasteiger partial charge in [-0.1, -0.05) is 16.8 Å². The van der Waals surface area contributed by atoms with Gasteiger partial charge in [-0.05, 0) is 24.5 Å². The minimum Gasteiger partial charge on any atom is -0.480 e. The van der Waals surface area contributed by atoms with Crippen molar-refractivity contribution >= 4 is 17.6 Å². The first-order valence-electron chi connectivity index (χ1n) is 7.67. The molecule has 0 aliphatic heterocycles. The van der Waals surface area contributed by atoms with Gasteiger partial charge in [0.15, 0.2) is 0 Å². The molecular weight excluding hydrogens is 332 g/mol. The van der Waals surface area contributed by atoms with Crippen molar-refractivity contribution in [2.45, 2.75) is 31.8 Å². The molecule has 1 unspecified atom stereocenters. The summed E-state index contributed by atoms with van der Waals surface area (Å²) in [4.78, 5) is 16.1. The van der Waals surface area contributed by atoms with Crippen LogP contribution in [0.3, 0.4) is 0 Å². The number of aromatic nitrogens is 4. The number of amides is 2. The lowest BCUT2D eigenvalue weighted by atomic mass is 9.96. The molecule has 2 amide bonds. The first-order chi connectivity index (χ1) is 11.6. The number of halogens is 1. The second-order valence-corrected chi connectivity index (χ2v) is 6.12. The van der Waals surface area contributed by atoms with Gasteiger partial charge in [0, 0.05) is 32.3 Å². The first kappa shape index (κ1) is 16.5. The van der Waals surface area contributed by atoms with E-state index in [0.29, 0.717) is 23.9 Å². The standard InChI is InChI=1S/C15H19ClN6O2/c1-22-13-4-3-10(6-12(13)20-21-22)19-15(23)18-8-9-5-11(16)14(24-2)17-7-9/h5,7,10H,3-4,6,8H2,1-2H3,(H2,18,19,23). The Hall–Kier alpha value is -2.35. The fraction of sp³-hybridized carbons (Fsp3) is 0.467. The largest absolute Gasteiger partial charge is 0.480 e. The van der Waals surface area contributed by atoms with Crippen molar-refractivity contribution < 1.29 is 9.53 Å². The summed E-state index contributed by atoms with van der Waals surface area (Å²) in [5.74, 6) is 0.367. The Balaban J connectivity index is 1.50. The maximum Gasteiger partial charge on any atom is 0.315 e. The van der Waals surface area contributed by atoms with Crippen LogP contribution in [0.15, 0.2) is 12.3 Å². The highest BCUT2D eigenvalue weighted by atomic mass is 35.5. The zero-order valence-corrected chi connectivity index (χ0v) is 14.3. The van der Waals surface area contributed by atoms with E-state index in [-0.39, 0.29) is 12.1 Å². The van der Waals surface area contributed by atoms with Crippen LogP contribution in [0.5, 0.6) is 5.88 Å². The predicted octanol–water partition coefficient (Wildman–Crippen LogP) is 1.23. The van der Waals surface area contributed by atoms with E-state index in [1.54, 1.807) is 16.9 Å². The summed E-state index contributed by atoms with van der Waals surface area (Å²) < 4.78 is 6.80. The summed E-state index contributed by atoms with van der Waals surface area (Å²) in [6, 6.07) is 1.56. The van der Waals surface area contributed by atoms with Crippen LogP contribution in [0, 0.1) is 0 Å². The van der Waals surface area contributed by atoms with E-state index in [2.05, 4.69) is 25.9 Å². The molecule has 24 heavy (non-hydrogen) atoms. The number of methoxy groups -OCH3 is 1. The highest BCUT2D eigenvalue weighted by Gasteiger charge is 2.24. The van der Waals surface area contributed by atoms with Crippen LogP contribution in [0.25, 0.3) is 0 Å². The van der Waals surface area contributed by atoms with Gasteiger partial charge in [0.1, 0.15) is 5.02 Å². The van der Waals surface area contributed by atoms with Gasteiger partial charge in [-0.3, -0.25) is 4.68 Å². The molecule has 0 spiro atoms. The molecule has 0 fully saturated rings. The summed E-state index contributed by atoms with van der Waals surface area (Å²) in [5, 5.41) is 14.4. The highest BCUT2D eigenvalue weighted by Crippen LogP contribution is 2.21. The van der Waals surface area contributed by atoms with Gasteiger partial charge in [0.05, 0.1) is 18.5 Å². The summed E-state index contributed by atoms with van der Waals surface area (Å²) in [5.41, 5.74) is 2.91. The van der Waals surface area contributed by atoms with Gasteiger partial charge in [-0.2, -0.15) is 0 Å². The second-order valence-electron chi connectivity index (χ2n) is 5.71. The van der Waals surface area contributed by atoms with Crippen molar-refractivity contribution in [3.63, 3.8) is 0 Å². The quantitative estimate of drug-likeness (QED) is 0.865. The average Bonchev–Trinajstić information content (AvgIpc) is 2.94. The number of fused-ring (bicyclic) bond motifs is 1. The SMILES string of the molecule is COc1ncc(CNC(=O)NC2CCc3c(nnn3C)C2)cc1Cl. The van der Waals surface area contributed by atoms with Crippen LogP contribution < -0.4 is 15.4 Å². The summed E-state index contributed by atoms with van der Waals surface area (Å²) in [7, 11) is 3.40. The molecule has 0 aromatic carbocycles. The van der Waals surface area contributed by atoms with E-state index in [9.17, 15) is 4.79 Å². The van der Waals surface area contributed by atoms with E-state index in [4.69, 9.17) is 16.3 Å². The number of carbonyl (C=O) groups excluding carboxylic acids is 1. The molecule has 1 atom stereocenters. The minimum atomic E-state index is -0.223. The number of nitrogens with one attached hydrogen (secondary N) is 2. The normalized spacial score (nSPS) is 16.4. The predicted molar refractivity (Wildman–Crippen MR) is 88.0 cm³/mol. The summed E-state index contributed by atoms with van der Waals surface area (Å²) in [6.45, 7) is 0.339. The minimum absolute atomic E-state index is 0.0618. The third-order valence-electron chi connectivity index (χ3n) is 4.04. The average molecular weight is 351 g/mol. The van der Waals surface area contributed by atoms with Crippen LogP contribution >= 0.6 is 11.6 Å². The zero-order chi connectivity index (χ0) is 17.1. The molecule has 2 aromatic rings. The van der Waals surface area contributed by atoms with Gasteiger partial charge < -0.3 is 15.4 Å². The van der Waals surface area contributed by atoms with Gasteiger partial charge in [-0.15, -0.1) is 5.10 Å². The first-order valence-corrected chi connectivity index (χ1v) is 8.05. The molecule has 2 aromatic heterocycles. The molecule has 9 heteroatoms. The Labute approximate surface area is 144 Å². The molecule has 0 saturated carbocycles. The third-order valence-corrected chi connectivity index (χ3v) is 4.31. The summed E-state index contributed by atoms with van der Waals surface area (Å²) in [6.07, 6.45) is 4.06. The molecule has 0 radical (unpaired) electrons. The molecule has 2 heterocycles. The van der Waals surface area contributed by atoms with Crippen molar-refractivity contribution in [2.24, 2.45) is 7.05 Å². The van der Waals surface area contributed by atoms with Crippen LogP contribution in [0.2, 0.25) is 5.02 Å². The number of carbonyl (C=O) groups is 1. The number of ether oxygens (including phenoxy) is 1. The van der Waals surface area contributed by atoms with E-state index < -0.39 is 0 Å². The molecule has 3 rings (SSSR count). The number of urea groups is 1. The topological polar surface area (TPSA) is 94.0 Å². The van der Waals surface area contributed by atoms with Gasteiger partial charge in [-0.25, -0.2) is 9.78 Å². The number of rotatable bonds is 4. The van der Waals surface area contributed by atoms with Crippen molar-refractivity contribution in [2.75, 3.05) is 7.11 Å². The lowest BCUT2D eigenvalue weighted by molar-refractivity contribution is 0.235. The van der Waals surface area contributed by atoms with E-state index in [1.807, 2.05) is 7.05 Å². The maximum atomic E-state index is 12.1. The molecule has 2 N–H and O–H groups in total. The summed E-state index contributed by atoms with van der Waals surface area (Å²) >= 11 is 6.02. The lowest BCUT2D eigenvalue weighted by Gasteiger charge is -2.22. The van der Waals surface area contributed by atoms with E-state index >= 15 is 0 Å². The monoisotopic (exact) mass is 350 g/mol. The molecule has 1 aliphatic rings. The Kier molecular flexibility index (Phi) is 4.84. The smallest absolute Gasteiger partial charge is 0.315 e. The van der Waals surface area contributed by atoms with Crippen LogP contribution in [0.1, 0.15) is 23.4 Å². The van der Waals surface area contributed by atoms with E-state index in [1.165, 1.54) is 7.11 Å². The number of nitrogens with zero attached hydrogens (tertiary/aromatic N) is 4. The fourth-order valence-corrected chi connectivity index (χ4v) is 3.05. The second kappa shape index (κ2) is 7.04. The van der Waals surface area contributed by atoms with Crippen LogP contribution in [-0.2, 0) is 26.4 Å². The maximum absolute atomic E-state index is 12.1. The molecule has 0 bridgehead atoms. The number of hydrogen-bond acceptors (Lipinski definition) is 5. The molecule has 128 valence electrons. The highest BCUT2D eigenvalue weighted by molar-refractivity contribution is 6.31. The van der Waals surface area contributed by atoms with Gasteiger partial charge >= 0.3 is 6.03 Å². The Morgan fingerprint density at radius 1 is 1.54 bits per heavy atom. The number of pyridine rings is 1. The van der Waals surface area contributed by atoms with Gasteiger partial charge in [0.25, 0.3) is 0 Å². The number of hydrogen-bond donors (Lipinski definition) is 2. The fourth-order valence-electron chi connectivity index (χ4n) is 2.78. The molecule has 1 aliphatic carbocycles. The third kappa shape index (κ3) is 3.59. The van der Waals surface area contributed by atoms with Crippen LogP contribution in [-0.4, -0.2) is 39.2 Å². The lowest BCUT2D eigenvalue weighted by Crippen LogP contribution is -2.44. The zero-order valence-electron chi connectivity index (χ0n) is 13.5. The molecule has 8 nitrogen and oxygen atoms in total. The van der Waals surface area contributed by atoms with Gasteiger partial charge in [0.2, 0.25) is 5.88 Å². The van der Waals surface area contributed by atoms with Crippen molar-refractivity contribution in [1.29, 1.82) is 0 Å². The van der Waals surface area contributed by atoms with Crippen molar-refractivity contribution in [1.82, 2.24) is 30.6 Å². The Morgan fingerprint density at radius 2 is 2.38 bits per heavy atom. The van der Waals surface area contributed by atoms with Crippen molar-refractivity contribution in [3.05, 3.63) is 34.2 Å². The number of aryl methyl sites for hydroxylation is 1. The van der Waals surface area contributed by atoms with E-state index in [0.717, 1.165) is 29.8 Å². The Bertz CT molecular complexity index is 748. The Morgan fingerprint density at radius 3 is 3.12 bits per heavy atom. The molecular formula is C15H19ClN6O2.